The zero-order valence-electron chi connectivity index (χ0n) is 21.7. The molecule has 6 aromatic carbocycles. The molecule has 0 saturated carbocycles. The van der Waals surface area contributed by atoms with Crippen LogP contribution < -0.4 is 4.90 Å². The van der Waals surface area contributed by atoms with Gasteiger partial charge in [-0.3, -0.25) is 0 Å². The number of anilines is 3. The van der Waals surface area contributed by atoms with Crippen LogP contribution in [0.15, 0.2) is 164 Å². The summed E-state index contributed by atoms with van der Waals surface area (Å²) in [5, 5.41) is 0. The van der Waals surface area contributed by atoms with E-state index in [0.29, 0.717) is 0 Å². The van der Waals surface area contributed by atoms with Crippen LogP contribution in [0.2, 0.25) is 0 Å². The number of nitrogens with zero attached hydrogens (tertiary/aromatic N) is 1. The van der Waals surface area contributed by atoms with Crippen molar-refractivity contribution in [3.8, 4) is 22.3 Å². The van der Waals surface area contributed by atoms with Crippen molar-refractivity contribution in [2.24, 2.45) is 0 Å². The first-order valence-corrected chi connectivity index (χ1v) is 13.3. The molecule has 0 aromatic heterocycles. The molecular weight excluding hydrogens is 470 g/mol. The monoisotopic (exact) mass is 499 g/mol. The molecule has 0 unspecified atom stereocenters. The van der Waals surface area contributed by atoms with E-state index in [2.05, 4.69) is 175 Å². The van der Waals surface area contributed by atoms with Gasteiger partial charge in [-0.05, 0) is 69.8 Å². The normalized spacial score (nSPS) is 11.0. The van der Waals surface area contributed by atoms with Crippen molar-refractivity contribution in [1.29, 1.82) is 0 Å². The predicted octanol–water partition coefficient (Wildman–Crippen LogP) is 10.7. The fraction of sp³-hybridized carbons (Fsp3) is 0. The van der Waals surface area contributed by atoms with Crippen LogP contribution in [0, 0.1) is 0 Å². The van der Waals surface area contributed by atoms with E-state index < -0.39 is 0 Å². The molecule has 0 aliphatic heterocycles. The van der Waals surface area contributed by atoms with E-state index in [1.165, 1.54) is 33.4 Å². The third-order valence-electron chi connectivity index (χ3n) is 6.86. The summed E-state index contributed by atoms with van der Waals surface area (Å²) in [5.41, 5.74) is 10.6. The largest absolute Gasteiger partial charge is 0.310 e. The van der Waals surface area contributed by atoms with Crippen LogP contribution in [0.5, 0.6) is 0 Å². The maximum absolute atomic E-state index is 2.33. The zero-order valence-corrected chi connectivity index (χ0v) is 21.7. The number of para-hydroxylation sites is 1. The Hall–Kier alpha value is -5.14. The maximum Gasteiger partial charge on any atom is 0.0468 e. The maximum atomic E-state index is 2.33. The molecule has 6 rings (SSSR count). The molecule has 39 heavy (non-hydrogen) atoms. The molecule has 0 spiro atoms. The van der Waals surface area contributed by atoms with Crippen molar-refractivity contribution in [2.45, 2.75) is 0 Å². The van der Waals surface area contributed by atoms with Crippen LogP contribution >= 0.6 is 0 Å². The van der Waals surface area contributed by atoms with Gasteiger partial charge < -0.3 is 4.90 Å². The van der Waals surface area contributed by atoms with Crippen LogP contribution in [0.4, 0.5) is 17.1 Å². The Labute approximate surface area is 231 Å². The first kappa shape index (κ1) is 24.2. The Balaban J connectivity index is 1.43. The molecule has 0 aliphatic rings. The highest BCUT2D eigenvalue weighted by Crippen LogP contribution is 2.40. The fourth-order valence-corrected chi connectivity index (χ4v) is 4.91. The third-order valence-corrected chi connectivity index (χ3v) is 6.86. The number of rotatable bonds is 7. The lowest BCUT2D eigenvalue weighted by molar-refractivity contribution is 1.28. The molecule has 1 nitrogen and oxygen atoms in total. The molecular formula is C38H29N. The second kappa shape index (κ2) is 11.5. The van der Waals surface area contributed by atoms with E-state index in [4.69, 9.17) is 0 Å². The molecule has 6 aromatic rings. The molecule has 1 heteroatoms. The van der Waals surface area contributed by atoms with Crippen molar-refractivity contribution in [3.05, 3.63) is 175 Å². The molecule has 0 radical (unpaired) electrons. The number of hydrogen-bond donors (Lipinski definition) is 0. The summed E-state index contributed by atoms with van der Waals surface area (Å²) in [6, 6.07) is 57.8. The molecule has 0 atom stereocenters. The summed E-state index contributed by atoms with van der Waals surface area (Å²) in [7, 11) is 0. The second-order valence-electron chi connectivity index (χ2n) is 9.47. The topological polar surface area (TPSA) is 3.24 Å². The Kier molecular flexibility index (Phi) is 7.14. The summed E-state index contributed by atoms with van der Waals surface area (Å²) in [5.74, 6) is 0. The van der Waals surface area contributed by atoms with E-state index in [-0.39, 0.29) is 0 Å². The highest BCUT2D eigenvalue weighted by molar-refractivity contribution is 5.89. The molecule has 0 amide bonds. The van der Waals surface area contributed by atoms with Gasteiger partial charge in [0.05, 0.1) is 0 Å². The van der Waals surface area contributed by atoms with E-state index in [0.717, 1.165) is 17.1 Å². The van der Waals surface area contributed by atoms with Crippen molar-refractivity contribution >= 4 is 29.2 Å². The second-order valence-corrected chi connectivity index (χ2v) is 9.47. The Bertz CT molecular complexity index is 1650. The predicted molar refractivity (Wildman–Crippen MR) is 167 cm³/mol. The van der Waals surface area contributed by atoms with Crippen LogP contribution in [0.3, 0.4) is 0 Å². The Morgan fingerprint density at radius 3 is 1.36 bits per heavy atom. The minimum absolute atomic E-state index is 1.12. The lowest BCUT2D eigenvalue weighted by Gasteiger charge is -2.27. The van der Waals surface area contributed by atoms with Crippen molar-refractivity contribution in [1.82, 2.24) is 0 Å². The minimum atomic E-state index is 1.12. The lowest BCUT2D eigenvalue weighted by Crippen LogP contribution is -2.10. The summed E-state index contributed by atoms with van der Waals surface area (Å²) in [4.78, 5) is 2.33. The van der Waals surface area contributed by atoms with Crippen molar-refractivity contribution in [3.63, 3.8) is 0 Å². The van der Waals surface area contributed by atoms with Gasteiger partial charge in [0.1, 0.15) is 0 Å². The standard InChI is InChI=1S/C38H29N/c1-5-13-30(14-6-1)21-22-31-23-25-35(26-24-31)39(34-19-11-4-12-20-34)36-27-28-37(32-15-7-2-8-16-32)38(29-36)33-17-9-3-10-18-33/h1-29H. The fourth-order valence-electron chi connectivity index (χ4n) is 4.91. The van der Waals surface area contributed by atoms with Gasteiger partial charge in [-0.1, -0.05) is 140 Å². The highest BCUT2D eigenvalue weighted by Gasteiger charge is 2.16. The van der Waals surface area contributed by atoms with Crippen LogP contribution in [0.1, 0.15) is 11.1 Å². The van der Waals surface area contributed by atoms with Gasteiger partial charge in [-0.25, -0.2) is 0 Å². The smallest absolute Gasteiger partial charge is 0.0468 e. The Morgan fingerprint density at radius 2 is 0.769 bits per heavy atom. The van der Waals surface area contributed by atoms with Crippen molar-refractivity contribution in [2.75, 3.05) is 4.90 Å². The zero-order chi connectivity index (χ0) is 26.3. The van der Waals surface area contributed by atoms with Gasteiger partial charge in [-0.15, -0.1) is 0 Å². The number of hydrogen-bond acceptors (Lipinski definition) is 1. The summed E-state index contributed by atoms with van der Waals surface area (Å²) >= 11 is 0. The van der Waals surface area contributed by atoms with Gasteiger partial charge in [0.25, 0.3) is 0 Å². The average molecular weight is 500 g/mol. The number of benzene rings is 6. The van der Waals surface area contributed by atoms with Gasteiger partial charge in [0, 0.05) is 17.1 Å². The minimum Gasteiger partial charge on any atom is -0.310 e. The summed E-state index contributed by atoms with van der Waals surface area (Å²) in [6.07, 6.45) is 4.31. The van der Waals surface area contributed by atoms with Gasteiger partial charge in [0.2, 0.25) is 0 Å². The molecule has 0 N–H and O–H groups in total. The van der Waals surface area contributed by atoms with Crippen LogP contribution in [-0.4, -0.2) is 0 Å². The molecule has 0 heterocycles. The molecule has 0 bridgehead atoms. The van der Waals surface area contributed by atoms with E-state index >= 15 is 0 Å². The first-order valence-electron chi connectivity index (χ1n) is 13.3. The summed E-state index contributed by atoms with van der Waals surface area (Å²) < 4.78 is 0. The van der Waals surface area contributed by atoms with Gasteiger partial charge >= 0.3 is 0 Å². The van der Waals surface area contributed by atoms with Crippen LogP contribution in [0.25, 0.3) is 34.4 Å². The van der Waals surface area contributed by atoms with E-state index in [1.54, 1.807) is 0 Å². The molecule has 186 valence electrons. The van der Waals surface area contributed by atoms with Crippen LogP contribution in [-0.2, 0) is 0 Å². The Morgan fingerprint density at radius 1 is 0.333 bits per heavy atom. The highest BCUT2D eigenvalue weighted by atomic mass is 15.1. The van der Waals surface area contributed by atoms with Gasteiger partial charge in [0.15, 0.2) is 0 Å². The lowest BCUT2D eigenvalue weighted by atomic mass is 9.93. The first-order chi connectivity index (χ1) is 19.3. The van der Waals surface area contributed by atoms with E-state index in [9.17, 15) is 0 Å². The van der Waals surface area contributed by atoms with Gasteiger partial charge in [-0.2, -0.15) is 0 Å². The molecule has 0 fully saturated rings. The third kappa shape index (κ3) is 5.58. The molecule has 0 aliphatic carbocycles. The summed E-state index contributed by atoms with van der Waals surface area (Å²) in [6.45, 7) is 0. The van der Waals surface area contributed by atoms with E-state index in [1.807, 2.05) is 6.07 Å². The quantitative estimate of drug-likeness (QED) is 0.197. The molecule has 0 saturated heterocycles. The van der Waals surface area contributed by atoms with Crippen molar-refractivity contribution < 1.29 is 0 Å². The average Bonchev–Trinajstić information content (AvgIpc) is 3.03. The SMILES string of the molecule is C(=Cc1ccc(N(c2ccccc2)c2ccc(-c3ccccc3)c(-c3ccccc3)c2)cc1)c1ccccc1.